The monoisotopic (exact) mass is 378 g/mol. The third kappa shape index (κ3) is 5.95. The van der Waals surface area contributed by atoms with Crippen molar-refractivity contribution in [2.24, 2.45) is 0 Å². The van der Waals surface area contributed by atoms with Gasteiger partial charge in [0.15, 0.2) is 0 Å². The molecule has 0 bridgehead atoms. The van der Waals surface area contributed by atoms with Crippen molar-refractivity contribution in [3.8, 4) is 0 Å². The van der Waals surface area contributed by atoms with E-state index in [1.54, 1.807) is 17.0 Å². The highest BCUT2D eigenvalue weighted by Crippen LogP contribution is 2.20. The maximum Gasteiger partial charge on any atom is 0.240 e. The predicted molar refractivity (Wildman–Crippen MR) is 105 cm³/mol. The average Bonchev–Trinajstić information content (AvgIpc) is 2.60. The summed E-state index contributed by atoms with van der Waals surface area (Å²) in [5, 5.41) is 0. The largest absolute Gasteiger partial charge is 0.341 e. The van der Waals surface area contributed by atoms with E-state index in [0.717, 1.165) is 30.4 Å². The number of nitrogens with one attached hydrogen (secondary N) is 1. The molecule has 1 aromatic rings. The van der Waals surface area contributed by atoms with E-state index in [1.165, 1.54) is 25.3 Å². The molecule has 26 heavy (non-hydrogen) atoms. The van der Waals surface area contributed by atoms with Gasteiger partial charge in [0.2, 0.25) is 15.9 Å². The molecule has 0 atom stereocenters. The van der Waals surface area contributed by atoms with Gasteiger partial charge in [0.1, 0.15) is 0 Å². The zero-order valence-corrected chi connectivity index (χ0v) is 16.9. The van der Waals surface area contributed by atoms with Gasteiger partial charge in [-0.05, 0) is 69.2 Å². The Bertz CT molecular complexity index is 769. The molecule has 0 aliphatic heterocycles. The Labute approximate surface area is 157 Å². The topological polar surface area (TPSA) is 66.5 Å². The lowest BCUT2D eigenvalue weighted by atomic mass is 9.97. The zero-order valence-electron chi connectivity index (χ0n) is 16.0. The maximum absolute atomic E-state index is 12.4. The second-order valence-corrected chi connectivity index (χ2v) is 8.78. The fourth-order valence-electron chi connectivity index (χ4n) is 3.12. The van der Waals surface area contributed by atoms with Crippen LogP contribution in [0.25, 0.3) is 0 Å². The molecular formula is C20H30N2O3S. The molecule has 0 saturated carbocycles. The van der Waals surface area contributed by atoms with Crippen LogP contribution in [0.4, 0.5) is 0 Å². The summed E-state index contributed by atoms with van der Waals surface area (Å²) >= 11 is 0. The van der Waals surface area contributed by atoms with E-state index in [-0.39, 0.29) is 17.3 Å². The molecule has 1 aliphatic carbocycles. The van der Waals surface area contributed by atoms with Crippen molar-refractivity contribution in [3.63, 3.8) is 0 Å². The van der Waals surface area contributed by atoms with Crippen molar-refractivity contribution >= 4 is 15.9 Å². The van der Waals surface area contributed by atoms with Gasteiger partial charge in [-0.1, -0.05) is 17.7 Å². The lowest BCUT2D eigenvalue weighted by Gasteiger charge is -2.23. The first kappa shape index (κ1) is 20.6. The minimum absolute atomic E-state index is 0.0215. The number of hydrogen-bond acceptors (Lipinski definition) is 3. The average molecular weight is 379 g/mol. The van der Waals surface area contributed by atoms with Crippen LogP contribution in [0.5, 0.6) is 0 Å². The van der Waals surface area contributed by atoms with Gasteiger partial charge >= 0.3 is 0 Å². The Morgan fingerprint density at radius 1 is 1.15 bits per heavy atom. The lowest BCUT2D eigenvalue weighted by molar-refractivity contribution is -0.128. The van der Waals surface area contributed by atoms with Gasteiger partial charge in [0.25, 0.3) is 0 Å². The fraction of sp³-hybridized carbons (Fsp3) is 0.550. The third-order valence-corrected chi connectivity index (χ3v) is 6.45. The molecule has 0 saturated heterocycles. The van der Waals surface area contributed by atoms with Crippen molar-refractivity contribution in [2.45, 2.75) is 57.8 Å². The van der Waals surface area contributed by atoms with E-state index < -0.39 is 10.0 Å². The van der Waals surface area contributed by atoms with Gasteiger partial charge in [0.05, 0.1) is 4.90 Å². The number of carbonyl (C=O) groups excluding carboxylic acids is 1. The van der Waals surface area contributed by atoms with Gasteiger partial charge in [-0.15, -0.1) is 0 Å². The summed E-state index contributed by atoms with van der Waals surface area (Å²) in [5.41, 5.74) is 3.42. The zero-order chi connectivity index (χ0) is 19.2. The fourth-order valence-corrected chi connectivity index (χ4v) is 4.22. The summed E-state index contributed by atoms with van der Waals surface area (Å²) in [7, 11) is -3.56. The van der Waals surface area contributed by atoms with Crippen molar-refractivity contribution < 1.29 is 13.2 Å². The summed E-state index contributed by atoms with van der Waals surface area (Å²) in [4.78, 5) is 13.8. The molecule has 0 spiro atoms. The molecule has 5 nitrogen and oxygen atoms in total. The number of aryl methyl sites for hydroxylation is 2. The summed E-state index contributed by atoms with van der Waals surface area (Å²) in [6.07, 6.45) is 7.88. The van der Waals surface area contributed by atoms with Crippen molar-refractivity contribution in [1.82, 2.24) is 9.62 Å². The number of allylic oxidation sites excluding steroid dienone is 1. The first-order valence-corrected chi connectivity index (χ1v) is 10.8. The number of amides is 1. The molecule has 1 aromatic carbocycles. The van der Waals surface area contributed by atoms with Crippen LogP contribution in [-0.2, 0) is 14.8 Å². The van der Waals surface area contributed by atoms with E-state index in [0.29, 0.717) is 13.1 Å². The molecule has 0 aromatic heterocycles. The van der Waals surface area contributed by atoms with Gasteiger partial charge in [-0.25, -0.2) is 13.1 Å². The Balaban J connectivity index is 1.88. The molecule has 2 rings (SSSR count). The quantitative estimate of drug-likeness (QED) is 0.706. The maximum atomic E-state index is 12.4. The van der Waals surface area contributed by atoms with Crippen LogP contribution < -0.4 is 4.72 Å². The molecule has 144 valence electrons. The normalized spacial score (nSPS) is 14.8. The number of sulfonamides is 1. The van der Waals surface area contributed by atoms with Crippen LogP contribution in [0.2, 0.25) is 0 Å². The second-order valence-electron chi connectivity index (χ2n) is 7.01. The molecule has 6 heteroatoms. The summed E-state index contributed by atoms with van der Waals surface area (Å²) < 4.78 is 27.5. The van der Waals surface area contributed by atoms with E-state index in [9.17, 15) is 13.2 Å². The molecular weight excluding hydrogens is 348 g/mol. The lowest BCUT2D eigenvalue weighted by Crippen LogP contribution is -2.38. The number of hydrogen-bond donors (Lipinski definition) is 1. The highest BCUT2D eigenvalue weighted by Gasteiger charge is 2.16. The Hall–Kier alpha value is -1.66. The molecule has 1 amide bonds. The number of nitrogens with zero attached hydrogens (tertiary/aromatic N) is 1. The Kier molecular flexibility index (Phi) is 7.41. The molecule has 0 heterocycles. The van der Waals surface area contributed by atoms with Crippen molar-refractivity contribution in [2.75, 3.05) is 19.6 Å². The predicted octanol–water partition coefficient (Wildman–Crippen LogP) is 3.32. The van der Waals surface area contributed by atoms with E-state index >= 15 is 0 Å². The number of rotatable bonds is 8. The van der Waals surface area contributed by atoms with E-state index in [4.69, 9.17) is 0 Å². The highest BCUT2D eigenvalue weighted by atomic mass is 32.2. The smallest absolute Gasteiger partial charge is 0.240 e. The van der Waals surface area contributed by atoms with Crippen LogP contribution in [-0.4, -0.2) is 38.9 Å². The van der Waals surface area contributed by atoms with Crippen LogP contribution in [0, 0.1) is 13.8 Å². The molecule has 0 fully saturated rings. The van der Waals surface area contributed by atoms with Gasteiger partial charge in [0, 0.05) is 26.6 Å². The van der Waals surface area contributed by atoms with Crippen LogP contribution in [0.3, 0.4) is 0 Å². The SMILES string of the molecule is CC(=O)N(CCNS(=O)(=O)c1ccc(C)c(C)c1)CCC1=CCCCC1. The first-order chi connectivity index (χ1) is 12.3. The summed E-state index contributed by atoms with van der Waals surface area (Å²) in [6.45, 7) is 6.62. The van der Waals surface area contributed by atoms with Gasteiger partial charge in [-0.2, -0.15) is 0 Å². The van der Waals surface area contributed by atoms with Crippen LogP contribution >= 0.6 is 0 Å². The number of benzene rings is 1. The first-order valence-electron chi connectivity index (χ1n) is 9.30. The summed E-state index contributed by atoms with van der Waals surface area (Å²) in [5.74, 6) is -0.0215. The Morgan fingerprint density at radius 3 is 2.54 bits per heavy atom. The molecule has 1 N–H and O–H groups in total. The minimum Gasteiger partial charge on any atom is -0.341 e. The number of carbonyl (C=O) groups is 1. The van der Waals surface area contributed by atoms with E-state index in [1.807, 2.05) is 19.9 Å². The van der Waals surface area contributed by atoms with Crippen LogP contribution in [0.1, 0.15) is 50.2 Å². The molecule has 0 radical (unpaired) electrons. The van der Waals surface area contributed by atoms with Crippen LogP contribution in [0.15, 0.2) is 34.7 Å². The van der Waals surface area contributed by atoms with Gasteiger partial charge < -0.3 is 4.90 Å². The van der Waals surface area contributed by atoms with E-state index in [2.05, 4.69) is 10.8 Å². The molecule has 0 unspecified atom stereocenters. The minimum atomic E-state index is -3.56. The second kappa shape index (κ2) is 9.33. The van der Waals surface area contributed by atoms with Gasteiger partial charge in [-0.3, -0.25) is 4.79 Å². The van der Waals surface area contributed by atoms with Crippen molar-refractivity contribution in [3.05, 3.63) is 41.0 Å². The third-order valence-electron chi connectivity index (χ3n) is 5.00. The highest BCUT2D eigenvalue weighted by molar-refractivity contribution is 7.89. The van der Waals surface area contributed by atoms with Crippen molar-refractivity contribution in [1.29, 1.82) is 0 Å². The standard InChI is InChI=1S/C20H30N2O3S/c1-16-9-10-20(15-17(16)2)26(24,25)21-12-14-22(18(3)23)13-11-19-7-5-4-6-8-19/h7,9-10,15,21H,4-6,8,11-14H2,1-3H3. The molecule has 1 aliphatic rings. The summed E-state index contributed by atoms with van der Waals surface area (Å²) in [6, 6.07) is 5.10. The Morgan fingerprint density at radius 2 is 1.92 bits per heavy atom.